The van der Waals surface area contributed by atoms with Gasteiger partial charge in [-0.05, 0) is 26.7 Å². The maximum absolute atomic E-state index is 12.1. The van der Waals surface area contributed by atoms with E-state index in [1.165, 1.54) is 0 Å². The molecule has 10 heavy (non-hydrogen) atoms. The highest BCUT2D eigenvalue weighted by molar-refractivity contribution is 5.75. The molecule has 1 unspecified atom stereocenters. The molecule has 0 N–H and O–H groups in total. The smallest absolute Gasteiger partial charge is 0.129 e. The Labute approximate surface area is 61.6 Å². The zero-order chi connectivity index (χ0) is 7.98. The van der Waals surface area contributed by atoms with E-state index in [2.05, 4.69) is 0 Å². The first-order chi connectivity index (χ1) is 4.63. The number of carbonyl (C=O) groups excluding carboxylic acids is 1. The number of unbranched alkanes of at least 4 members (excludes halogenated alkanes) is 1. The number of halogens is 1. The first kappa shape index (κ1) is 9.60. The number of rotatable bonds is 5. The van der Waals surface area contributed by atoms with Crippen LogP contribution in [0, 0.1) is 0 Å². The predicted molar refractivity (Wildman–Crippen MR) is 39.7 cm³/mol. The first-order valence-corrected chi connectivity index (χ1v) is 3.76. The molecule has 0 aromatic rings. The fraction of sp³-hybridized carbons (Fsp3) is 0.875. The van der Waals surface area contributed by atoms with Gasteiger partial charge in [-0.3, -0.25) is 0 Å². The standard InChI is InChI=1S/C8H15FO/c1-7(9)5-3-4-6-8(2)10/h7H,3-6H2,1-2H3. The van der Waals surface area contributed by atoms with Crippen LogP contribution in [0.1, 0.15) is 39.5 Å². The van der Waals surface area contributed by atoms with Crippen molar-refractivity contribution in [3.05, 3.63) is 0 Å². The predicted octanol–water partition coefficient (Wildman–Crippen LogP) is 2.49. The lowest BCUT2D eigenvalue weighted by atomic mass is 10.1. The van der Waals surface area contributed by atoms with Gasteiger partial charge in [-0.2, -0.15) is 0 Å². The van der Waals surface area contributed by atoms with Gasteiger partial charge in [0.15, 0.2) is 0 Å². The van der Waals surface area contributed by atoms with E-state index >= 15 is 0 Å². The minimum atomic E-state index is -0.716. The molecule has 0 radical (unpaired) electrons. The molecule has 0 saturated heterocycles. The lowest BCUT2D eigenvalue weighted by Gasteiger charge is -1.98. The van der Waals surface area contributed by atoms with Crippen LogP contribution < -0.4 is 0 Å². The van der Waals surface area contributed by atoms with Gasteiger partial charge in [0, 0.05) is 6.42 Å². The third-order valence-corrected chi connectivity index (χ3v) is 1.38. The monoisotopic (exact) mass is 146 g/mol. The molecular weight excluding hydrogens is 131 g/mol. The van der Waals surface area contributed by atoms with Gasteiger partial charge in [0.1, 0.15) is 5.78 Å². The normalized spacial score (nSPS) is 13.1. The summed E-state index contributed by atoms with van der Waals surface area (Å²) in [6, 6.07) is 0. The van der Waals surface area contributed by atoms with Crippen molar-refractivity contribution < 1.29 is 9.18 Å². The van der Waals surface area contributed by atoms with Crippen molar-refractivity contribution in [3.63, 3.8) is 0 Å². The van der Waals surface area contributed by atoms with Crippen molar-refractivity contribution in [2.24, 2.45) is 0 Å². The molecule has 0 aliphatic rings. The average Bonchev–Trinajstić information content (AvgIpc) is 1.79. The van der Waals surface area contributed by atoms with Gasteiger partial charge in [-0.25, -0.2) is 4.39 Å². The summed E-state index contributed by atoms with van der Waals surface area (Å²) in [5, 5.41) is 0. The fourth-order valence-corrected chi connectivity index (χ4v) is 0.800. The molecule has 0 saturated carbocycles. The van der Waals surface area contributed by atoms with Crippen LogP contribution in [0.3, 0.4) is 0 Å². The molecule has 60 valence electrons. The van der Waals surface area contributed by atoms with Crippen LogP contribution in [0.25, 0.3) is 0 Å². The maximum Gasteiger partial charge on any atom is 0.129 e. The minimum absolute atomic E-state index is 0.200. The molecule has 1 nitrogen and oxygen atoms in total. The van der Waals surface area contributed by atoms with Crippen molar-refractivity contribution in [3.8, 4) is 0 Å². The average molecular weight is 146 g/mol. The number of Topliss-reactive ketones (excluding diaryl/α,β-unsaturated/α-hetero) is 1. The second-order valence-electron chi connectivity index (χ2n) is 2.73. The fourth-order valence-electron chi connectivity index (χ4n) is 0.800. The summed E-state index contributed by atoms with van der Waals surface area (Å²) in [7, 11) is 0. The lowest BCUT2D eigenvalue weighted by Crippen LogP contribution is -1.94. The van der Waals surface area contributed by atoms with Gasteiger partial charge < -0.3 is 4.79 Å². The summed E-state index contributed by atoms with van der Waals surface area (Å²) < 4.78 is 12.1. The summed E-state index contributed by atoms with van der Waals surface area (Å²) in [4.78, 5) is 10.4. The van der Waals surface area contributed by atoms with Crippen molar-refractivity contribution in [2.45, 2.75) is 45.7 Å². The molecule has 0 spiro atoms. The second kappa shape index (κ2) is 5.39. The Kier molecular flexibility index (Phi) is 5.17. The molecule has 0 bridgehead atoms. The van der Waals surface area contributed by atoms with E-state index in [4.69, 9.17) is 0 Å². The lowest BCUT2D eigenvalue weighted by molar-refractivity contribution is -0.117. The Hall–Kier alpha value is -0.400. The first-order valence-electron chi connectivity index (χ1n) is 3.76. The SMILES string of the molecule is CC(=O)CCCCC(C)F. The summed E-state index contributed by atoms with van der Waals surface area (Å²) in [6.45, 7) is 3.12. The van der Waals surface area contributed by atoms with Crippen molar-refractivity contribution in [1.82, 2.24) is 0 Å². The van der Waals surface area contributed by atoms with E-state index < -0.39 is 6.17 Å². The largest absolute Gasteiger partial charge is 0.300 e. The van der Waals surface area contributed by atoms with E-state index in [0.29, 0.717) is 12.8 Å². The van der Waals surface area contributed by atoms with E-state index in [0.717, 1.165) is 12.8 Å². The molecule has 0 rings (SSSR count). The highest BCUT2D eigenvalue weighted by atomic mass is 19.1. The van der Waals surface area contributed by atoms with Crippen molar-refractivity contribution in [1.29, 1.82) is 0 Å². The Morgan fingerprint density at radius 2 is 2.10 bits per heavy atom. The number of ketones is 1. The minimum Gasteiger partial charge on any atom is -0.300 e. The van der Waals surface area contributed by atoms with Crippen LogP contribution in [-0.4, -0.2) is 12.0 Å². The quantitative estimate of drug-likeness (QED) is 0.544. The summed E-state index contributed by atoms with van der Waals surface area (Å²) >= 11 is 0. The van der Waals surface area contributed by atoms with Crippen LogP contribution in [0.2, 0.25) is 0 Å². The Morgan fingerprint density at radius 3 is 2.50 bits per heavy atom. The molecule has 0 heterocycles. The van der Waals surface area contributed by atoms with Gasteiger partial charge in [0.2, 0.25) is 0 Å². The number of hydrogen-bond acceptors (Lipinski definition) is 1. The van der Waals surface area contributed by atoms with Crippen LogP contribution >= 0.6 is 0 Å². The highest BCUT2D eigenvalue weighted by Gasteiger charge is 1.98. The zero-order valence-electron chi connectivity index (χ0n) is 6.69. The topological polar surface area (TPSA) is 17.1 Å². The third-order valence-electron chi connectivity index (χ3n) is 1.38. The van der Waals surface area contributed by atoms with Crippen LogP contribution in [0.5, 0.6) is 0 Å². The van der Waals surface area contributed by atoms with Gasteiger partial charge >= 0.3 is 0 Å². The highest BCUT2D eigenvalue weighted by Crippen LogP contribution is 2.05. The zero-order valence-corrected chi connectivity index (χ0v) is 6.69. The number of carbonyl (C=O) groups is 1. The summed E-state index contributed by atoms with van der Waals surface area (Å²) in [5.74, 6) is 0.200. The van der Waals surface area contributed by atoms with E-state index in [-0.39, 0.29) is 5.78 Å². The van der Waals surface area contributed by atoms with Gasteiger partial charge in [0.05, 0.1) is 6.17 Å². The molecule has 2 heteroatoms. The van der Waals surface area contributed by atoms with Gasteiger partial charge in [0.25, 0.3) is 0 Å². The van der Waals surface area contributed by atoms with Crippen molar-refractivity contribution in [2.75, 3.05) is 0 Å². The molecule has 0 fully saturated rings. The van der Waals surface area contributed by atoms with Crippen molar-refractivity contribution >= 4 is 5.78 Å². The maximum atomic E-state index is 12.1. The van der Waals surface area contributed by atoms with Crippen LogP contribution in [0.4, 0.5) is 4.39 Å². The van der Waals surface area contributed by atoms with E-state index in [1.807, 2.05) is 0 Å². The Balaban J connectivity index is 2.98. The van der Waals surface area contributed by atoms with Crippen LogP contribution in [0.15, 0.2) is 0 Å². The Bertz CT molecular complexity index is 99.4. The third kappa shape index (κ3) is 7.60. The molecular formula is C8H15FO. The summed E-state index contributed by atoms with van der Waals surface area (Å²) in [6.07, 6.45) is 2.15. The molecule has 0 aromatic carbocycles. The second-order valence-corrected chi connectivity index (χ2v) is 2.73. The van der Waals surface area contributed by atoms with E-state index in [1.54, 1.807) is 13.8 Å². The van der Waals surface area contributed by atoms with Gasteiger partial charge in [-0.15, -0.1) is 0 Å². The molecule has 0 aromatic heterocycles. The summed E-state index contributed by atoms with van der Waals surface area (Å²) in [5.41, 5.74) is 0. The molecule has 0 amide bonds. The van der Waals surface area contributed by atoms with E-state index in [9.17, 15) is 9.18 Å². The number of alkyl halides is 1. The van der Waals surface area contributed by atoms with Crippen LogP contribution in [-0.2, 0) is 4.79 Å². The number of hydrogen-bond donors (Lipinski definition) is 0. The molecule has 0 aliphatic carbocycles. The Morgan fingerprint density at radius 1 is 1.50 bits per heavy atom. The van der Waals surface area contributed by atoms with Gasteiger partial charge in [-0.1, -0.05) is 6.42 Å². The molecule has 1 atom stereocenters. The molecule has 0 aliphatic heterocycles.